The quantitative estimate of drug-likeness (QED) is 0.805. The van der Waals surface area contributed by atoms with E-state index >= 15 is 0 Å². The average Bonchev–Trinajstić information content (AvgIpc) is 2.53. The number of rotatable bonds is 5. The maximum Gasteiger partial charge on any atom is 0.124 e. The standard InChI is InChI=1S/C18H20BrNO/c19-15-8-9-18-16(13-15)17(10-12-21-18)20-11-4-7-14-5-2-1-3-6-14/h1-3,5-6,8-9,13,17,20H,4,7,10-12H2. The first-order chi connectivity index (χ1) is 10.3. The molecule has 3 heteroatoms. The number of nitrogens with one attached hydrogen (secondary N) is 1. The van der Waals surface area contributed by atoms with Crippen molar-refractivity contribution in [2.45, 2.75) is 25.3 Å². The van der Waals surface area contributed by atoms with E-state index in [1.165, 1.54) is 11.1 Å². The molecule has 21 heavy (non-hydrogen) atoms. The van der Waals surface area contributed by atoms with Gasteiger partial charge in [0.2, 0.25) is 0 Å². The molecule has 1 atom stereocenters. The zero-order valence-electron chi connectivity index (χ0n) is 12.0. The van der Waals surface area contributed by atoms with Gasteiger partial charge in [0.1, 0.15) is 5.75 Å². The van der Waals surface area contributed by atoms with E-state index < -0.39 is 0 Å². The van der Waals surface area contributed by atoms with Crippen LogP contribution < -0.4 is 10.1 Å². The predicted molar refractivity (Wildman–Crippen MR) is 89.8 cm³/mol. The Hall–Kier alpha value is -1.32. The summed E-state index contributed by atoms with van der Waals surface area (Å²) < 4.78 is 6.84. The van der Waals surface area contributed by atoms with Crippen LogP contribution in [-0.4, -0.2) is 13.2 Å². The zero-order chi connectivity index (χ0) is 14.5. The molecule has 0 fully saturated rings. The van der Waals surface area contributed by atoms with Crippen molar-refractivity contribution in [3.05, 3.63) is 64.1 Å². The van der Waals surface area contributed by atoms with Crippen molar-refractivity contribution in [1.82, 2.24) is 5.32 Å². The number of hydrogen-bond acceptors (Lipinski definition) is 2. The minimum absolute atomic E-state index is 0.405. The number of hydrogen-bond donors (Lipinski definition) is 1. The normalized spacial score (nSPS) is 17.1. The summed E-state index contributed by atoms with van der Waals surface area (Å²) >= 11 is 3.55. The Bertz CT molecular complexity index is 585. The Morgan fingerprint density at radius 3 is 2.86 bits per heavy atom. The fourth-order valence-corrected chi connectivity index (χ4v) is 3.17. The molecule has 110 valence electrons. The number of ether oxygens (including phenoxy) is 1. The van der Waals surface area contributed by atoms with Gasteiger partial charge in [-0.1, -0.05) is 46.3 Å². The third kappa shape index (κ3) is 3.86. The molecule has 0 aliphatic carbocycles. The van der Waals surface area contributed by atoms with Gasteiger partial charge in [-0.15, -0.1) is 0 Å². The van der Waals surface area contributed by atoms with E-state index in [4.69, 9.17) is 4.74 Å². The van der Waals surface area contributed by atoms with Gasteiger partial charge in [0, 0.05) is 22.5 Å². The largest absolute Gasteiger partial charge is 0.493 e. The van der Waals surface area contributed by atoms with Gasteiger partial charge in [-0.3, -0.25) is 0 Å². The van der Waals surface area contributed by atoms with Gasteiger partial charge >= 0.3 is 0 Å². The van der Waals surface area contributed by atoms with Gasteiger partial charge < -0.3 is 10.1 Å². The Morgan fingerprint density at radius 2 is 2.00 bits per heavy atom. The molecule has 0 radical (unpaired) electrons. The SMILES string of the molecule is Brc1ccc2c(c1)C(NCCCc1ccccc1)CCO2. The Balaban J connectivity index is 1.54. The van der Waals surface area contributed by atoms with Crippen LogP contribution >= 0.6 is 15.9 Å². The van der Waals surface area contributed by atoms with Gasteiger partial charge in [0.25, 0.3) is 0 Å². The van der Waals surface area contributed by atoms with Crippen molar-refractivity contribution in [3.63, 3.8) is 0 Å². The molecule has 1 N–H and O–H groups in total. The highest BCUT2D eigenvalue weighted by Gasteiger charge is 2.20. The molecule has 1 aliphatic rings. The number of aryl methyl sites for hydroxylation is 1. The minimum Gasteiger partial charge on any atom is -0.493 e. The highest BCUT2D eigenvalue weighted by molar-refractivity contribution is 9.10. The molecule has 1 aliphatic heterocycles. The van der Waals surface area contributed by atoms with Crippen molar-refractivity contribution in [2.75, 3.05) is 13.2 Å². The average molecular weight is 346 g/mol. The number of halogens is 1. The second kappa shape index (κ2) is 7.10. The van der Waals surface area contributed by atoms with Gasteiger partial charge in [0.05, 0.1) is 6.61 Å². The van der Waals surface area contributed by atoms with Crippen LogP contribution in [0.1, 0.15) is 30.0 Å². The second-order valence-corrected chi connectivity index (χ2v) is 6.33. The summed E-state index contributed by atoms with van der Waals surface area (Å²) in [5.74, 6) is 1.02. The summed E-state index contributed by atoms with van der Waals surface area (Å²) in [5.41, 5.74) is 2.68. The predicted octanol–water partition coefficient (Wildman–Crippen LogP) is 4.50. The summed E-state index contributed by atoms with van der Waals surface area (Å²) in [7, 11) is 0. The van der Waals surface area contributed by atoms with Gasteiger partial charge in [0.15, 0.2) is 0 Å². The third-order valence-electron chi connectivity index (χ3n) is 3.89. The lowest BCUT2D eigenvalue weighted by atomic mass is 10.0. The summed E-state index contributed by atoms with van der Waals surface area (Å²) in [5, 5.41) is 3.67. The first-order valence-electron chi connectivity index (χ1n) is 7.52. The maximum absolute atomic E-state index is 5.72. The van der Waals surface area contributed by atoms with Crippen molar-refractivity contribution in [2.24, 2.45) is 0 Å². The fraction of sp³-hybridized carbons (Fsp3) is 0.333. The summed E-state index contributed by atoms with van der Waals surface area (Å²) in [4.78, 5) is 0. The van der Waals surface area contributed by atoms with E-state index in [0.717, 1.165) is 42.6 Å². The van der Waals surface area contributed by atoms with Gasteiger partial charge in [-0.2, -0.15) is 0 Å². The fourth-order valence-electron chi connectivity index (χ4n) is 2.79. The molecular formula is C18H20BrNO. The molecule has 0 saturated carbocycles. The highest BCUT2D eigenvalue weighted by atomic mass is 79.9. The first-order valence-corrected chi connectivity index (χ1v) is 8.32. The van der Waals surface area contributed by atoms with E-state index in [0.29, 0.717) is 6.04 Å². The third-order valence-corrected chi connectivity index (χ3v) is 4.38. The van der Waals surface area contributed by atoms with E-state index in [9.17, 15) is 0 Å². The Morgan fingerprint density at radius 1 is 1.14 bits per heavy atom. The summed E-state index contributed by atoms with van der Waals surface area (Å²) in [6.45, 7) is 1.83. The lowest BCUT2D eigenvalue weighted by Crippen LogP contribution is -2.28. The van der Waals surface area contributed by atoms with Gasteiger partial charge in [-0.25, -0.2) is 0 Å². The Labute approximate surface area is 134 Å². The zero-order valence-corrected chi connectivity index (χ0v) is 13.6. The number of fused-ring (bicyclic) bond motifs is 1. The topological polar surface area (TPSA) is 21.3 Å². The van der Waals surface area contributed by atoms with Crippen molar-refractivity contribution in [3.8, 4) is 5.75 Å². The van der Waals surface area contributed by atoms with Crippen LogP contribution in [-0.2, 0) is 6.42 Å². The van der Waals surface area contributed by atoms with Crippen LogP contribution in [0.15, 0.2) is 53.0 Å². The van der Waals surface area contributed by atoms with E-state index in [1.807, 2.05) is 6.07 Å². The molecule has 0 amide bonds. The lowest BCUT2D eigenvalue weighted by Gasteiger charge is -2.27. The van der Waals surface area contributed by atoms with Crippen LogP contribution in [0.5, 0.6) is 5.75 Å². The van der Waals surface area contributed by atoms with Crippen LogP contribution in [0.4, 0.5) is 0 Å². The molecule has 0 aromatic heterocycles. The van der Waals surface area contributed by atoms with E-state index in [1.54, 1.807) is 0 Å². The minimum atomic E-state index is 0.405. The molecule has 2 aromatic rings. The van der Waals surface area contributed by atoms with E-state index in [2.05, 4.69) is 63.7 Å². The molecular weight excluding hydrogens is 326 g/mol. The van der Waals surface area contributed by atoms with Crippen molar-refractivity contribution in [1.29, 1.82) is 0 Å². The molecule has 1 heterocycles. The molecule has 2 aromatic carbocycles. The molecule has 0 bridgehead atoms. The van der Waals surface area contributed by atoms with Crippen molar-refractivity contribution >= 4 is 15.9 Å². The summed E-state index contributed by atoms with van der Waals surface area (Å²) in [6.07, 6.45) is 3.32. The monoisotopic (exact) mass is 345 g/mol. The molecule has 2 nitrogen and oxygen atoms in total. The van der Waals surface area contributed by atoms with Crippen LogP contribution in [0.3, 0.4) is 0 Å². The molecule has 3 rings (SSSR count). The molecule has 1 unspecified atom stereocenters. The first kappa shape index (κ1) is 14.6. The number of benzene rings is 2. The molecule has 0 spiro atoms. The van der Waals surface area contributed by atoms with E-state index in [-0.39, 0.29) is 0 Å². The van der Waals surface area contributed by atoms with Crippen LogP contribution in [0.2, 0.25) is 0 Å². The maximum atomic E-state index is 5.72. The van der Waals surface area contributed by atoms with Crippen molar-refractivity contribution < 1.29 is 4.74 Å². The smallest absolute Gasteiger partial charge is 0.124 e. The second-order valence-electron chi connectivity index (χ2n) is 5.42. The highest BCUT2D eigenvalue weighted by Crippen LogP contribution is 2.33. The summed E-state index contributed by atoms with van der Waals surface area (Å²) in [6, 6.07) is 17.3. The Kier molecular flexibility index (Phi) is 4.94. The van der Waals surface area contributed by atoms with Crippen LogP contribution in [0.25, 0.3) is 0 Å². The van der Waals surface area contributed by atoms with Gasteiger partial charge in [-0.05, 0) is 43.1 Å². The van der Waals surface area contributed by atoms with Crippen LogP contribution in [0, 0.1) is 0 Å². The lowest BCUT2D eigenvalue weighted by molar-refractivity contribution is 0.252. The molecule has 0 saturated heterocycles.